The summed E-state index contributed by atoms with van der Waals surface area (Å²) in [6, 6.07) is 4.09. The van der Waals surface area contributed by atoms with Crippen molar-refractivity contribution in [3.8, 4) is 0 Å². The number of hydrogen-bond acceptors (Lipinski definition) is 4. The first kappa shape index (κ1) is 13.9. The van der Waals surface area contributed by atoms with E-state index >= 15 is 0 Å². The lowest BCUT2D eigenvalue weighted by atomic mass is 10.0. The second kappa shape index (κ2) is 6.06. The lowest BCUT2D eigenvalue weighted by molar-refractivity contribution is -0.385. The van der Waals surface area contributed by atoms with E-state index in [-0.39, 0.29) is 11.3 Å². The van der Waals surface area contributed by atoms with E-state index in [9.17, 15) is 14.9 Å². The summed E-state index contributed by atoms with van der Waals surface area (Å²) in [6.45, 7) is 0. The fraction of sp³-hybridized carbons (Fsp3) is 0.462. The summed E-state index contributed by atoms with van der Waals surface area (Å²) in [5, 5.41) is 20.3. The molecule has 0 aromatic heterocycles. The lowest BCUT2D eigenvalue weighted by Gasteiger charge is -2.20. The standard InChI is InChI=1S/C13H15NO4S/c15-13(16)9-6-10(14(17)18)8-12(7-9)19-11-4-2-1-3-5-11/h6-8,11H,1-5H2,(H,15,16). The van der Waals surface area contributed by atoms with Crippen LogP contribution < -0.4 is 0 Å². The molecular weight excluding hydrogens is 266 g/mol. The predicted molar refractivity (Wildman–Crippen MR) is 72.8 cm³/mol. The molecule has 0 radical (unpaired) electrons. The van der Waals surface area contributed by atoms with Crippen LogP contribution in [0.5, 0.6) is 0 Å². The third kappa shape index (κ3) is 3.70. The number of non-ortho nitro benzene ring substituents is 1. The van der Waals surface area contributed by atoms with Gasteiger partial charge >= 0.3 is 5.97 Å². The van der Waals surface area contributed by atoms with Gasteiger partial charge in [-0.3, -0.25) is 10.1 Å². The Balaban J connectivity index is 2.22. The lowest BCUT2D eigenvalue weighted by Crippen LogP contribution is -2.08. The first-order valence-electron chi connectivity index (χ1n) is 6.25. The molecular formula is C13H15NO4S. The molecule has 1 aliphatic rings. The Hall–Kier alpha value is -1.56. The van der Waals surface area contributed by atoms with Crippen molar-refractivity contribution in [2.45, 2.75) is 42.2 Å². The van der Waals surface area contributed by atoms with Crippen LogP contribution in [0, 0.1) is 10.1 Å². The van der Waals surface area contributed by atoms with Gasteiger partial charge in [-0.05, 0) is 18.9 Å². The maximum absolute atomic E-state index is 11.0. The summed E-state index contributed by atoms with van der Waals surface area (Å²) in [5.74, 6) is -1.13. The van der Waals surface area contributed by atoms with E-state index < -0.39 is 10.9 Å². The minimum atomic E-state index is -1.13. The van der Waals surface area contributed by atoms with Gasteiger partial charge in [-0.15, -0.1) is 11.8 Å². The van der Waals surface area contributed by atoms with Gasteiger partial charge in [0.25, 0.3) is 5.69 Å². The van der Waals surface area contributed by atoms with Crippen LogP contribution in [-0.4, -0.2) is 21.2 Å². The van der Waals surface area contributed by atoms with E-state index in [1.165, 1.54) is 31.4 Å². The maximum Gasteiger partial charge on any atom is 0.335 e. The van der Waals surface area contributed by atoms with Gasteiger partial charge < -0.3 is 5.11 Å². The number of nitrogens with zero attached hydrogens (tertiary/aromatic N) is 1. The molecule has 0 saturated heterocycles. The van der Waals surface area contributed by atoms with Gasteiger partial charge in [0.2, 0.25) is 0 Å². The van der Waals surface area contributed by atoms with Crippen LogP contribution in [0.3, 0.4) is 0 Å². The molecule has 6 heteroatoms. The zero-order valence-corrected chi connectivity index (χ0v) is 11.2. The van der Waals surface area contributed by atoms with E-state index in [2.05, 4.69) is 0 Å². The molecule has 5 nitrogen and oxygen atoms in total. The second-order valence-electron chi connectivity index (χ2n) is 4.66. The molecule has 1 aromatic rings. The number of carboxylic acids is 1. The van der Waals surface area contributed by atoms with Crippen molar-refractivity contribution in [3.63, 3.8) is 0 Å². The number of nitro groups is 1. The van der Waals surface area contributed by atoms with Crippen molar-refractivity contribution < 1.29 is 14.8 Å². The zero-order chi connectivity index (χ0) is 13.8. The SMILES string of the molecule is O=C(O)c1cc(SC2CCCCC2)cc([N+](=O)[O-])c1. The zero-order valence-electron chi connectivity index (χ0n) is 10.4. The number of rotatable bonds is 4. The van der Waals surface area contributed by atoms with Gasteiger partial charge in [-0.25, -0.2) is 4.79 Å². The molecule has 19 heavy (non-hydrogen) atoms. The van der Waals surface area contributed by atoms with E-state index in [1.54, 1.807) is 11.8 Å². The van der Waals surface area contributed by atoms with Crippen molar-refractivity contribution >= 4 is 23.4 Å². The number of benzene rings is 1. The van der Waals surface area contributed by atoms with E-state index in [4.69, 9.17) is 5.11 Å². The Labute approximate surface area is 115 Å². The summed E-state index contributed by atoms with van der Waals surface area (Å²) in [7, 11) is 0. The van der Waals surface area contributed by atoms with Crippen LogP contribution >= 0.6 is 11.8 Å². The summed E-state index contributed by atoms with van der Waals surface area (Å²) in [6.07, 6.45) is 5.79. The average molecular weight is 281 g/mol. The quantitative estimate of drug-likeness (QED) is 0.672. The third-order valence-corrected chi connectivity index (χ3v) is 4.52. The third-order valence-electron chi connectivity index (χ3n) is 3.20. The largest absolute Gasteiger partial charge is 0.478 e. The Kier molecular flexibility index (Phi) is 4.42. The number of nitro benzene ring substituents is 1. The van der Waals surface area contributed by atoms with Crippen molar-refractivity contribution in [1.29, 1.82) is 0 Å². The van der Waals surface area contributed by atoms with Crippen molar-refractivity contribution in [1.82, 2.24) is 0 Å². The van der Waals surface area contributed by atoms with Crippen LogP contribution in [0.4, 0.5) is 5.69 Å². The molecule has 0 aliphatic heterocycles. The van der Waals surface area contributed by atoms with Gasteiger partial charge in [0.15, 0.2) is 0 Å². The molecule has 0 bridgehead atoms. The van der Waals surface area contributed by atoms with Gasteiger partial charge in [0.05, 0.1) is 10.5 Å². The minimum Gasteiger partial charge on any atom is -0.478 e. The van der Waals surface area contributed by atoms with Crippen molar-refractivity contribution in [2.75, 3.05) is 0 Å². The predicted octanol–water partition coefficient (Wildman–Crippen LogP) is 3.72. The first-order valence-corrected chi connectivity index (χ1v) is 7.13. The maximum atomic E-state index is 11.0. The number of hydrogen-bond donors (Lipinski definition) is 1. The number of carbonyl (C=O) groups is 1. The van der Waals surface area contributed by atoms with E-state index in [0.717, 1.165) is 18.9 Å². The second-order valence-corrected chi connectivity index (χ2v) is 6.03. The number of carboxylic acid groups (broad SMARTS) is 1. The Bertz CT molecular complexity index is 465. The normalized spacial score (nSPS) is 16.2. The highest BCUT2D eigenvalue weighted by Crippen LogP contribution is 2.35. The smallest absolute Gasteiger partial charge is 0.335 e. The van der Waals surface area contributed by atoms with Crippen LogP contribution in [0.1, 0.15) is 42.5 Å². The van der Waals surface area contributed by atoms with Crippen molar-refractivity contribution in [2.24, 2.45) is 0 Å². The fourth-order valence-electron chi connectivity index (χ4n) is 2.26. The molecule has 1 aliphatic carbocycles. The molecule has 0 atom stereocenters. The Morgan fingerprint density at radius 2 is 1.95 bits per heavy atom. The molecule has 0 amide bonds. The van der Waals surface area contributed by atoms with E-state index in [1.807, 2.05) is 0 Å². The Morgan fingerprint density at radius 1 is 1.26 bits per heavy atom. The molecule has 1 N–H and O–H groups in total. The monoisotopic (exact) mass is 281 g/mol. The van der Waals surface area contributed by atoms with Gasteiger partial charge in [0.1, 0.15) is 0 Å². The average Bonchev–Trinajstić information content (AvgIpc) is 2.39. The highest BCUT2D eigenvalue weighted by atomic mass is 32.2. The molecule has 1 saturated carbocycles. The summed E-state index contributed by atoms with van der Waals surface area (Å²) >= 11 is 1.56. The highest BCUT2D eigenvalue weighted by molar-refractivity contribution is 8.00. The van der Waals surface area contributed by atoms with Gasteiger partial charge in [0, 0.05) is 22.3 Å². The first-order chi connectivity index (χ1) is 9.06. The van der Waals surface area contributed by atoms with Crippen LogP contribution in [0.2, 0.25) is 0 Å². The summed E-state index contributed by atoms with van der Waals surface area (Å²) < 4.78 is 0. The Morgan fingerprint density at radius 3 is 2.53 bits per heavy atom. The van der Waals surface area contributed by atoms with Crippen molar-refractivity contribution in [3.05, 3.63) is 33.9 Å². The number of thioether (sulfide) groups is 1. The van der Waals surface area contributed by atoms with E-state index in [0.29, 0.717) is 10.1 Å². The molecule has 0 heterocycles. The van der Waals surface area contributed by atoms with Crippen LogP contribution in [-0.2, 0) is 0 Å². The van der Waals surface area contributed by atoms with Crippen LogP contribution in [0.25, 0.3) is 0 Å². The summed E-state index contributed by atoms with van der Waals surface area (Å²) in [4.78, 5) is 21.9. The van der Waals surface area contributed by atoms with Gasteiger partial charge in [-0.2, -0.15) is 0 Å². The molecule has 1 aromatic carbocycles. The molecule has 1 fully saturated rings. The van der Waals surface area contributed by atoms with Gasteiger partial charge in [-0.1, -0.05) is 19.3 Å². The molecule has 0 spiro atoms. The highest BCUT2D eigenvalue weighted by Gasteiger charge is 2.18. The number of aromatic carboxylic acids is 1. The summed E-state index contributed by atoms with van der Waals surface area (Å²) in [5.41, 5.74) is -0.175. The molecule has 102 valence electrons. The fourth-order valence-corrected chi connectivity index (χ4v) is 3.59. The van der Waals surface area contributed by atoms with Crippen LogP contribution in [0.15, 0.2) is 23.1 Å². The minimum absolute atomic E-state index is 0.0208. The topological polar surface area (TPSA) is 80.4 Å². The molecule has 0 unspecified atom stereocenters. The molecule has 2 rings (SSSR count).